The molecule has 0 bridgehead atoms. The van der Waals surface area contributed by atoms with E-state index in [-0.39, 0.29) is 6.10 Å². The Morgan fingerprint density at radius 2 is 2.10 bits per heavy atom. The molecule has 1 aliphatic rings. The molecule has 20 heavy (non-hydrogen) atoms. The molecule has 2 atom stereocenters. The van der Waals surface area contributed by atoms with Gasteiger partial charge in [0, 0.05) is 7.11 Å². The van der Waals surface area contributed by atoms with Gasteiger partial charge in [0.1, 0.15) is 5.82 Å². The second-order valence-corrected chi connectivity index (χ2v) is 5.04. The molecule has 0 aromatic heterocycles. The number of rotatable bonds is 4. The molecule has 1 saturated carbocycles. The summed E-state index contributed by atoms with van der Waals surface area (Å²) in [5, 5.41) is 3.04. The Morgan fingerprint density at radius 3 is 2.75 bits per heavy atom. The van der Waals surface area contributed by atoms with Crippen molar-refractivity contribution < 1.29 is 18.7 Å². The lowest BCUT2D eigenvalue weighted by Gasteiger charge is -2.41. The Labute approximate surface area is 118 Å². The molecule has 1 fully saturated rings. The van der Waals surface area contributed by atoms with Gasteiger partial charge in [-0.05, 0) is 25.0 Å². The molecular weight excluding hydrogens is 261 g/mol. The summed E-state index contributed by atoms with van der Waals surface area (Å²) in [4.78, 5) is 12.3. The third-order valence-corrected chi connectivity index (χ3v) is 3.90. The zero-order valence-corrected chi connectivity index (χ0v) is 11.8. The number of esters is 1. The summed E-state index contributed by atoms with van der Waals surface area (Å²) in [7, 11) is 2.91. The van der Waals surface area contributed by atoms with Gasteiger partial charge < -0.3 is 14.8 Å². The second kappa shape index (κ2) is 6.22. The monoisotopic (exact) mass is 281 g/mol. The molecule has 5 heteroatoms. The number of halogens is 1. The molecule has 2 rings (SSSR count). The largest absolute Gasteiger partial charge is 0.467 e. The normalized spacial score (nSPS) is 26.1. The number of ether oxygens (including phenoxy) is 2. The van der Waals surface area contributed by atoms with Crippen molar-refractivity contribution in [2.75, 3.05) is 19.5 Å². The van der Waals surface area contributed by atoms with Gasteiger partial charge in [0.05, 0.1) is 18.9 Å². The molecule has 110 valence electrons. The molecule has 2 unspecified atom stereocenters. The molecule has 0 radical (unpaired) electrons. The van der Waals surface area contributed by atoms with E-state index in [4.69, 9.17) is 9.47 Å². The van der Waals surface area contributed by atoms with Gasteiger partial charge in [-0.25, -0.2) is 9.18 Å². The van der Waals surface area contributed by atoms with Gasteiger partial charge in [0.15, 0.2) is 5.54 Å². The number of carbonyl (C=O) groups is 1. The zero-order chi connectivity index (χ0) is 14.6. The zero-order valence-electron chi connectivity index (χ0n) is 11.8. The van der Waals surface area contributed by atoms with Crippen LogP contribution in [0.15, 0.2) is 24.3 Å². The number of methoxy groups -OCH3 is 2. The molecule has 4 nitrogen and oxygen atoms in total. The topological polar surface area (TPSA) is 47.6 Å². The van der Waals surface area contributed by atoms with E-state index in [0.29, 0.717) is 12.1 Å². The minimum absolute atomic E-state index is 0.293. The van der Waals surface area contributed by atoms with Gasteiger partial charge in [-0.3, -0.25) is 0 Å². The summed E-state index contributed by atoms with van der Waals surface area (Å²) in [6.07, 6.45) is 2.83. The first kappa shape index (κ1) is 14.8. The first-order valence-electron chi connectivity index (χ1n) is 6.78. The first-order chi connectivity index (χ1) is 9.64. The summed E-state index contributed by atoms with van der Waals surface area (Å²) in [5.41, 5.74) is -0.730. The van der Waals surface area contributed by atoms with E-state index in [2.05, 4.69) is 5.32 Å². The minimum atomic E-state index is -1.02. The van der Waals surface area contributed by atoms with Crippen molar-refractivity contribution in [3.8, 4) is 0 Å². The number of para-hydroxylation sites is 1. The van der Waals surface area contributed by atoms with Gasteiger partial charge in [-0.1, -0.05) is 25.0 Å². The number of nitrogens with one attached hydrogen (secondary N) is 1. The number of carbonyl (C=O) groups excluding carboxylic acids is 1. The van der Waals surface area contributed by atoms with Crippen LogP contribution in [0.4, 0.5) is 10.1 Å². The molecule has 0 saturated heterocycles. The standard InChI is InChI=1S/C15H20FNO3/c1-19-13-9-5-6-10-15(13,14(18)20-2)17-12-8-4-3-7-11(12)16/h3-4,7-8,13,17H,5-6,9-10H2,1-2H3. The van der Waals surface area contributed by atoms with E-state index in [1.165, 1.54) is 13.2 Å². The lowest BCUT2D eigenvalue weighted by atomic mass is 9.78. The van der Waals surface area contributed by atoms with Crippen LogP contribution in [0.3, 0.4) is 0 Å². The van der Waals surface area contributed by atoms with Crippen molar-refractivity contribution in [1.29, 1.82) is 0 Å². The summed E-state index contributed by atoms with van der Waals surface area (Å²) in [5.74, 6) is -0.802. The van der Waals surface area contributed by atoms with Crippen LogP contribution in [0.5, 0.6) is 0 Å². The predicted octanol–water partition coefficient (Wildman–Crippen LogP) is 2.74. The van der Waals surface area contributed by atoms with E-state index in [0.717, 1.165) is 19.3 Å². The van der Waals surface area contributed by atoms with Gasteiger partial charge in [0.2, 0.25) is 0 Å². The number of hydrogen-bond donors (Lipinski definition) is 1. The molecule has 0 spiro atoms. The molecule has 0 aliphatic heterocycles. The van der Waals surface area contributed by atoms with Crippen LogP contribution in [0.25, 0.3) is 0 Å². The maximum absolute atomic E-state index is 13.9. The Bertz CT molecular complexity index is 480. The maximum Gasteiger partial charge on any atom is 0.334 e. The van der Waals surface area contributed by atoms with Crippen LogP contribution in [0.1, 0.15) is 25.7 Å². The highest BCUT2D eigenvalue weighted by molar-refractivity contribution is 5.85. The molecule has 0 heterocycles. The average molecular weight is 281 g/mol. The molecular formula is C15H20FNO3. The van der Waals surface area contributed by atoms with Gasteiger partial charge in [0.25, 0.3) is 0 Å². The van der Waals surface area contributed by atoms with Crippen LogP contribution >= 0.6 is 0 Å². The quantitative estimate of drug-likeness (QED) is 0.862. The fraction of sp³-hybridized carbons (Fsp3) is 0.533. The predicted molar refractivity (Wildman–Crippen MR) is 74.0 cm³/mol. The Kier molecular flexibility index (Phi) is 4.60. The summed E-state index contributed by atoms with van der Waals surface area (Å²) < 4.78 is 24.2. The summed E-state index contributed by atoms with van der Waals surface area (Å²) in [6.45, 7) is 0. The molecule has 0 amide bonds. The van der Waals surface area contributed by atoms with Crippen molar-refractivity contribution >= 4 is 11.7 Å². The van der Waals surface area contributed by atoms with Crippen molar-refractivity contribution in [2.45, 2.75) is 37.3 Å². The Balaban J connectivity index is 2.36. The van der Waals surface area contributed by atoms with E-state index >= 15 is 0 Å². The van der Waals surface area contributed by atoms with Crippen LogP contribution in [-0.2, 0) is 14.3 Å². The van der Waals surface area contributed by atoms with Crippen molar-refractivity contribution in [3.05, 3.63) is 30.1 Å². The first-order valence-corrected chi connectivity index (χ1v) is 6.78. The number of benzene rings is 1. The molecule has 1 N–H and O–H groups in total. The number of hydrogen-bond acceptors (Lipinski definition) is 4. The van der Waals surface area contributed by atoms with E-state index < -0.39 is 17.3 Å². The molecule has 1 aliphatic carbocycles. The Morgan fingerprint density at radius 1 is 1.35 bits per heavy atom. The third-order valence-electron chi connectivity index (χ3n) is 3.90. The lowest BCUT2D eigenvalue weighted by Crippen LogP contribution is -2.58. The van der Waals surface area contributed by atoms with Gasteiger partial charge in [-0.15, -0.1) is 0 Å². The highest BCUT2D eigenvalue weighted by atomic mass is 19.1. The van der Waals surface area contributed by atoms with Gasteiger partial charge >= 0.3 is 5.97 Å². The fourth-order valence-electron chi connectivity index (χ4n) is 2.87. The van der Waals surface area contributed by atoms with Crippen LogP contribution in [-0.4, -0.2) is 31.8 Å². The molecule has 1 aromatic carbocycles. The third kappa shape index (κ3) is 2.63. The molecule has 1 aromatic rings. The summed E-state index contributed by atoms with van der Waals surface area (Å²) >= 11 is 0. The fourth-order valence-corrected chi connectivity index (χ4v) is 2.87. The highest BCUT2D eigenvalue weighted by Crippen LogP contribution is 2.35. The van der Waals surface area contributed by atoms with Crippen molar-refractivity contribution in [3.63, 3.8) is 0 Å². The van der Waals surface area contributed by atoms with Crippen molar-refractivity contribution in [2.24, 2.45) is 0 Å². The van der Waals surface area contributed by atoms with E-state index in [9.17, 15) is 9.18 Å². The second-order valence-electron chi connectivity index (χ2n) is 5.04. The highest BCUT2D eigenvalue weighted by Gasteiger charge is 2.49. The summed E-state index contributed by atoms with van der Waals surface area (Å²) in [6, 6.07) is 6.31. The van der Waals surface area contributed by atoms with Crippen molar-refractivity contribution in [1.82, 2.24) is 0 Å². The van der Waals surface area contributed by atoms with Gasteiger partial charge in [-0.2, -0.15) is 0 Å². The Hall–Kier alpha value is -1.62. The maximum atomic E-state index is 13.9. The van der Waals surface area contributed by atoms with Crippen LogP contribution in [0.2, 0.25) is 0 Å². The van der Waals surface area contributed by atoms with Crippen LogP contribution in [0, 0.1) is 5.82 Å². The lowest BCUT2D eigenvalue weighted by molar-refractivity contribution is -0.153. The number of anilines is 1. The van der Waals surface area contributed by atoms with Crippen LogP contribution < -0.4 is 5.32 Å². The smallest absolute Gasteiger partial charge is 0.334 e. The van der Waals surface area contributed by atoms with E-state index in [1.54, 1.807) is 25.3 Å². The SMILES string of the molecule is COC(=O)C1(Nc2ccccc2F)CCCCC1OC. The van der Waals surface area contributed by atoms with E-state index in [1.807, 2.05) is 0 Å². The average Bonchev–Trinajstić information content (AvgIpc) is 2.49. The minimum Gasteiger partial charge on any atom is -0.467 e.